The molecule has 1 aliphatic rings. The zero-order valence-corrected chi connectivity index (χ0v) is 14.9. The molecule has 0 radical (unpaired) electrons. The Hall–Kier alpha value is -3.48. The van der Waals surface area contributed by atoms with Gasteiger partial charge in [-0.15, -0.1) is 0 Å². The first-order valence-corrected chi connectivity index (χ1v) is 8.97. The number of carbonyl (C=O) groups excluding carboxylic acids is 3. The molecule has 2 amide bonds. The molecule has 142 valence electrons. The number of nitrogens with zero attached hydrogens (tertiary/aromatic N) is 1. The lowest BCUT2D eigenvalue weighted by molar-refractivity contribution is -0.118. The summed E-state index contributed by atoms with van der Waals surface area (Å²) in [5.41, 5.74) is 1.73. The van der Waals surface area contributed by atoms with Crippen molar-refractivity contribution in [3.05, 3.63) is 66.1 Å². The Morgan fingerprint density at radius 2 is 1.89 bits per heavy atom. The highest BCUT2D eigenvalue weighted by molar-refractivity contribution is 6.44. The highest BCUT2D eigenvalue weighted by Crippen LogP contribution is 2.25. The number of benzene rings is 2. The minimum absolute atomic E-state index is 0.0891. The van der Waals surface area contributed by atoms with E-state index in [0.29, 0.717) is 23.2 Å². The van der Waals surface area contributed by atoms with Gasteiger partial charge in [0.15, 0.2) is 0 Å². The highest BCUT2D eigenvalue weighted by Gasteiger charge is 2.31. The van der Waals surface area contributed by atoms with Gasteiger partial charge in [0.25, 0.3) is 11.7 Å². The zero-order chi connectivity index (χ0) is 19.7. The number of aromatic nitrogens is 1. The van der Waals surface area contributed by atoms with E-state index in [1.807, 2.05) is 12.1 Å². The number of ketones is 1. The second-order valence-electron chi connectivity index (χ2n) is 6.84. The van der Waals surface area contributed by atoms with E-state index in [4.69, 9.17) is 0 Å². The van der Waals surface area contributed by atoms with E-state index < -0.39 is 11.7 Å². The SMILES string of the molecule is O=C(NCC1CC(=O)N(c2ccc(F)cc2)C1)C(=O)c1c[nH]c2ccccc12. The number of amides is 2. The average Bonchev–Trinajstić information content (AvgIpc) is 3.29. The summed E-state index contributed by atoms with van der Waals surface area (Å²) in [6, 6.07) is 13.0. The van der Waals surface area contributed by atoms with E-state index in [2.05, 4.69) is 10.3 Å². The normalized spacial score (nSPS) is 16.5. The van der Waals surface area contributed by atoms with Crippen molar-refractivity contribution in [2.75, 3.05) is 18.0 Å². The van der Waals surface area contributed by atoms with Gasteiger partial charge in [-0.05, 0) is 30.3 Å². The Morgan fingerprint density at radius 3 is 2.68 bits per heavy atom. The summed E-state index contributed by atoms with van der Waals surface area (Å²) in [5.74, 6) is -1.88. The van der Waals surface area contributed by atoms with Gasteiger partial charge in [0.05, 0.1) is 5.56 Å². The van der Waals surface area contributed by atoms with Gasteiger partial charge >= 0.3 is 0 Å². The molecular formula is C21H18FN3O3. The van der Waals surface area contributed by atoms with Crippen LogP contribution < -0.4 is 10.2 Å². The number of nitrogens with one attached hydrogen (secondary N) is 2. The fraction of sp³-hybridized carbons (Fsp3) is 0.190. The molecule has 6 nitrogen and oxygen atoms in total. The smallest absolute Gasteiger partial charge is 0.292 e. The lowest BCUT2D eigenvalue weighted by Gasteiger charge is -2.16. The molecule has 1 saturated heterocycles. The van der Waals surface area contributed by atoms with Gasteiger partial charge in [-0.25, -0.2) is 4.39 Å². The number of aromatic amines is 1. The Morgan fingerprint density at radius 1 is 1.14 bits per heavy atom. The Balaban J connectivity index is 1.38. The van der Waals surface area contributed by atoms with Gasteiger partial charge in [-0.1, -0.05) is 18.2 Å². The second-order valence-corrected chi connectivity index (χ2v) is 6.84. The molecule has 1 unspecified atom stereocenters. The van der Waals surface area contributed by atoms with Gasteiger partial charge in [0.2, 0.25) is 5.91 Å². The van der Waals surface area contributed by atoms with Crippen LogP contribution in [0.2, 0.25) is 0 Å². The second kappa shape index (κ2) is 7.26. The van der Waals surface area contributed by atoms with Crippen LogP contribution in [0.1, 0.15) is 16.8 Å². The molecule has 2 aromatic carbocycles. The van der Waals surface area contributed by atoms with E-state index in [1.165, 1.54) is 18.3 Å². The maximum absolute atomic E-state index is 13.1. The van der Waals surface area contributed by atoms with Crippen molar-refractivity contribution < 1.29 is 18.8 Å². The van der Waals surface area contributed by atoms with Crippen LogP contribution >= 0.6 is 0 Å². The van der Waals surface area contributed by atoms with Crippen molar-refractivity contribution in [2.45, 2.75) is 6.42 Å². The van der Waals surface area contributed by atoms with Crippen LogP contribution in [0.4, 0.5) is 10.1 Å². The molecular weight excluding hydrogens is 361 g/mol. The molecule has 0 spiro atoms. The number of halogens is 1. The van der Waals surface area contributed by atoms with Crippen molar-refractivity contribution in [3.63, 3.8) is 0 Å². The van der Waals surface area contributed by atoms with Crippen molar-refractivity contribution >= 4 is 34.2 Å². The Bertz CT molecular complexity index is 1060. The van der Waals surface area contributed by atoms with Gasteiger partial charge in [-0.2, -0.15) is 0 Å². The van der Waals surface area contributed by atoms with Gasteiger partial charge < -0.3 is 15.2 Å². The van der Waals surface area contributed by atoms with E-state index in [0.717, 1.165) is 5.52 Å². The number of para-hydroxylation sites is 1. The number of H-pyrrole nitrogens is 1. The number of anilines is 1. The van der Waals surface area contributed by atoms with Crippen LogP contribution in [-0.2, 0) is 9.59 Å². The van der Waals surface area contributed by atoms with Crippen LogP contribution in [0.3, 0.4) is 0 Å². The van der Waals surface area contributed by atoms with E-state index in [-0.39, 0.29) is 30.6 Å². The van der Waals surface area contributed by atoms with Crippen molar-refractivity contribution in [1.82, 2.24) is 10.3 Å². The summed E-state index contributed by atoms with van der Waals surface area (Å²) >= 11 is 0. The lowest BCUT2D eigenvalue weighted by atomic mass is 10.1. The molecule has 28 heavy (non-hydrogen) atoms. The van der Waals surface area contributed by atoms with Gasteiger partial charge in [0.1, 0.15) is 5.82 Å². The first kappa shape index (κ1) is 17.9. The van der Waals surface area contributed by atoms with Gasteiger partial charge in [0, 0.05) is 48.2 Å². The topological polar surface area (TPSA) is 82.3 Å². The predicted octanol–water partition coefficient (Wildman–Crippen LogP) is 2.66. The van der Waals surface area contributed by atoms with Crippen molar-refractivity contribution in [2.24, 2.45) is 5.92 Å². The Labute approximate surface area is 160 Å². The maximum Gasteiger partial charge on any atom is 0.292 e. The minimum Gasteiger partial charge on any atom is -0.360 e. The van der Waals surface area contributed by atoms with Crippen LogP contribution in [0.15, 0.2) is 54.7 Å². The average molecular weight is 379 g/mol. The molecule has 0 bridgehead atoms. The molecule has 3 aromatic rings. The molecule has 0 saturated carbocycles. The van der Waals surface area contributed by atoms with E-state index in [9.17, 15) is 18.8 Å². The molecule has 4 rings (SSSR count). The molecule has 1 aromatic heterocycles. The third-order valence-electron chi connectivity index (χ3n) is 4.93. The summed E-state index contributed by atoms with van der Waals surface area (Å²) < 4.78 is 13.1. The zero-order valence-electron chi connectivity index (χ0n) is 14.9. The number of carbonyl (C=O) groups is 3. The number of Topliss-reactive ketones (excluding diaryl/α,β-unsaturated/α-hetero) is 1. The largest absolute Gasteiger partial charge is 0.360 e. The maximum atomic E-state index is 13.1. The first-order valence-electron chi connectivity index (χ1n) is 8.97. The minimum atomic E-state index is -0.697. The van der Waals surface area contributed by atoms with E-state index >= 15 is 0 Å². The number of fused-ring (bicyclic) bond motifs is 1. The van der Waals surface area contributed by atoms with Crippen LogP contribution in [-0.4, -0.2) is 35.7 Å². The molecule has 2 heterocycles. The summed E-state index contributed by atoms with van der Waals surface area (Å²) in [6.45, 7) is 0.627. The van der Waals surface area contributed by atoms with Crippen LogP contribution in [0.25, 0.3) is 10.9 Å². The fourth-order valence-electron chi connectivity index (χ4n) is 3.49. The number of rotatable bonds is 5. The molecule has 1 aliphatic heterocycles. The van der Waals surface area contributed by atoms with Crippen molar-refractivity contribution in [3.8, 4) is 0 Å². The monoisotopic (exact) mass is 379 g/mol. The predicted molar refractivity (Wildman–Crippen MR) is 102 cm³/mol. The summed E-state index contributed by atoms with van der Waals surface area (Å²) in [5, 5.41) is 3.33. The molecule has 1 fully saturated rings. The third kappa shape index (κ3) is 3.38. The third-order valence-corrected chi connectivity index (χ3v) is 4.93. The lowest BCUT2D eigenvalue weighted by Crippen LogP contribution is -2.35. The molecule has 0 aliphatic carbocycles. The Kier molecular flexibility index (Phi) is 4.65. The first-order chi connectivity index (χ1) is 13.5. The standard InChI is InChI=1S/C21H18FN3O3/c22-14-5-7-15(8-6-14)25-12-13(9-19(25)26)10-24-21(28)20(27)17-11-23-18-4-2-1-3-16(17)18/h1-8,11,13,23H,9-10,12H2,(H,24,28). The molecule has 7 heteroatoms. The molecule has 2 N–H and O–H groups in total. The van der Waals surface area contributed by atoms with Crippen LogP contribution in [0, 0.1) is 11.7 Å². The van der Waals surface area contributed by atoms with Gasteiger partial charge in [-0.3, -0.25) is 14.4 Å². The van der Waals surface area contributed by atoms with Crippen LogP contribution in [0.5, 0.6) is 0 Å². The summed E-state index contributed by atoms with van der Waals surface area (Å²) in [6.07, 6.45) is 1.79. The highest BCUT2D eigenvalue weighted by atomic mass is 19.1. The fourth-order valence-corrected chi connectivity index (χ4v) is 3.49. The number of hydrogen-bond acceptors (Lipinski definition) is 3. The number of hydrogen-bond donors (Lipinski definition) is 2. The quantitative estimate of drug-likeness (QED) is 0.528. The van der Waals surface area contributed by atoms with Crippen molar-refractivity contribution in [1.29, 1.82) is 0 Å². The molecule has 1 atom stereocenters. The van der Waals surface area contributed by atoms with E-state index in [1.54, 1.807) is 29.2 Å². The summed E-state index contributed by atoms with van der Waals surface area (Å²) in [4.78, 5) is 41.5. The summed E-state index contributed by atoms with van der Waals surface area (Å²) in [7, 11) is 0.